The molecule has 0 fully saturated rings. The summed E-state index contributed by atoms with van der Waals surface area (Å²) in [7, 11) is 0. The van der Waals surface area contributed by atoms with E-state index in [1.165, 1.54) is 10.4 Å². The average Bonchev–Trinajstić information content (AvgIpc) is 2.75. The molecule has 4 heteroatoms. The van der Waals surface area contributed by atoms with Crippen LogP contribution >= 0.6 is 22.9 Å². The smallest absolute Gasteiger partial charge is 0.0897 e. The van der Waals surface area contributed by atoms with Gasteiger partial charge < -0.3 is 5.32 Å². The van der Waals surface area contributed by atoms with Crippen LogP contribution in [0.1, 0.15) is 28.4 Å². The first-order valence-corrected chi connectivity index (χ1v) is 7.28. The van der Waals surface area contributed by atoms with Gasteiger partial charge in [0.2, 0.25) is 0 Å². The molecule has 0 amide bonds. The van der Waals surface area contributed by atoms with Gasteiger partial charge in [-0.05, 0) is 37.6 Å². The van der Waals surface area contributed by atoms with E-state index in [9.17, 15) is 0 Å². The van der Waals surface area contributed by atoms with Crippen LogP contribution < -0.4 is 5.32 Å². The minimum absolute atomic E-state index is 0.319. The molecule has 0 saturated carbocycles. The summed E-state index contributed by atoms with van der Waals surface area (Å²) < 4.78 is 0. The topological polar surface area (TPSA) is 24.9 Å². The van der Waals surface area contributed by atoms with Gasteiger partial charge in [-0.3, -0.25) is 0 Å². The molecule has 2 rings (SSSR count). The van der Waals surface area contributed by atoms with Gasteiger partial charge in [0, 0.05) is 22.1 Å². The molecule has 1 aromatic heterocycles. The van der Waals surface area contributed by atoms with E-state index >= 15 is 0 Å². The second kappa shape index (κ2) is 6.32. The molecule has 96 valence electrons. The molecule has 0 spiro atoms. The van der Waals surface area contributed by atoms with Crippen LogP contribution in [-0.2, 0) is 6.42 Å². The fourth-order valence-corrected chi connectivity index (χ4v) is 3.03. The van der Waals surface area contributed by atoms with E-state index < -0.39 is 0 Å². The number of halogens is 1. The molecule has 1 N–H and O–H groups in total. The third kappa shape index (κ3) is 3.55. The molecule has 0 aliphatic rings. The molecule has 1 aromatic carbocycles. The molecule has 1 unspecified atom stereocenters. The molecule has 0 aliphatic heterocycles. The summed E-state index contributed by atoms with van der Waals surface area (Å²) in [5.41, 5.74) is 1.25. The first kappa shape index (κ1) is 13.5. The van der Waals surface area contributed by atoms with Crippen LogP contribution in [-0.4, -0.2) is 11.5 Å². The Kier molecular flexibility index (Phi) is 4.75. The number of likely N-dealkylation sites (N-methyl/N-ethyl adjacent to an activating group) is 1. The van der Waals surface area contributed by atoms with E-state index in [-0.39, 0.29) is 0 Å². The van der Waals surface area contributed by atoms with Gasteiger partial charge in [0.05, 0.1) is 5.01 Å². The quantitative estimate of drug-likeness (QED) is 0.895. The fraction of sp³-hybridized carbons (Fsp3) is 0.357. The first-order chi connectivity index (χ1) is 8.69. The van der Waals surface area contributed by atoms with E-state index in [4.69, 9.17) is 11.6 Å². The highest BCUT2D eigenvalue weighted by atomic mass is 35.5. The predicted molar refractivity (Wildman–Crippen MR) is 78.4 cm³/mol. The van der Waals surface area contributed by atoms with Crippen LogP contribution in [0.5, 0.6) is 0 Å². The van der Waals surface area contributed by atoms with Gasteiger partial charge in [0.1, 0.15) is 0 Å². The number of thiazole rings is 1. The van der Waals surface area contributed by atoms with Crippen molar-refractivity contribution in [2.24, 2.45) is 0 Å². The standard InChI is InChI=1S/C14H17ClN2S/c1-3-16-13(14-9-17-10(2)18-14)8-11-5-4-6-12(15)7-11/h4-7,9,13,16H,3,8H2,1-2H3. The molecule has 0 saturated heterocycles. The molecular weight excluding hydrogens is 264 g/mol. The lowest BCUT2D eigenvalue weighted by atomic mass is 10.1. The second-order valence-corrected chi connectivity index (χ2v) is 5.93. The van der Waals surface area contributed by atoms with Crippen LogP contribution in [0.15, 0.2) is 30.5 Å². The van der Waals surface area contributed by atoms with Gasteiger partial charge in [-0.1, -0.05) is 30.7 Å². The summed E-state index contributed by atoms with van der Waals surface area (Å²) in [5.74, 6) is 0. The number of rotatable bonds is 5. The Morgan fingerprint density at radius 3 is 2.89 bits per heavy atom. The van der Waals surface area contributed by atoms with E-state index in [1.807, 2.05) is 31.3 Å². The lowest BCUT2D eigenvalue weighted by Crippen LogP contribution is -2.22. The predicted octanol–water partition coefficient (Wildman–Crippen LogP) is 4.00. The van der Waals surface area contributed by atoms with Gasteiger partial charge in [-0.25, -0.2) is 4.98 Å². The molecule has 0 aliphatic carbocycles. The van der Waals surface area contributed by atoms with Crippen LogP contribution in [0.2, 0.25) is 5.02 Å². The number of benzene rings is 1. The van der Waals surface area contributed by atoms with Crippen molar-refractivity contribution in [3.63, 3.8) is 0 Å². The Morgan fingerprint density at radius 2 is 2.28 bits per heavy atom. The van der Waals surface area contributed by atoms with Crippen LogP contribution in [0, 0.1) is 6.92 Å². The average molecular weight is 281 g/mol. The summed E-state index contributed by atoms with van der Waals surface area (Å²) in [6, 6.07) is 8.37. The fourth-order valence-electron chi connectivity index (χ4n) is 1.96. The molecule has 0 radical (unpaired) electrons. The summed E-state index contributed by atoms with van der Waals surface area (Å²) in [6.45, 7) is 5.11. The molecular formula is C14H17ClN2S. The van der Waals surface area contributed by atoms with Crippen molar-refractivity contribution in [1.82, 2.24) is 10.3 Å². The van der Waals surface area contributed by atoms with Crippen molar-refractivity contribution in [2.45, 2.75) is 26.3 Å². The summed E-state index contributed by atoms with van der Waals surface area (Å²) in [6.07, 6.45) is 2.91. The summed E-state index contributed by atoms with van der Waals surface area (Å²) in [5, 5.41) is 5.41. The molecule has 2 nitrogen and oxygen atoms in total. The van der Waals surface area contributed by atoms with Gasteiger partial charge >= 0.3 is 0 Å². The number of hydrogen-bond donors (Lipinski definition) is 1. The Labute approximate surface area is 117 Å². The Balaban J connectivity index is 2.16. The highest BCUT2D eigenvalue weighted by Crippen LogP contribution is 2.24. The van der Waals surface area contributed by atoms with Crippen molar-refractivity contribution < 1.29 is 0 Å². The van der Waals surface area contributed by atoms with Crippen LogP contribution in [0.25, 0.3) is 0 Å². The summed E-state index contributed by atoms with van der Waals surface area (Å²) in [4.78, 5) is 5.62. The lowest BCUT2D eigenvalue weighted by molar-refractivity contribution is 0.557. The third-order valence-corrected chi connectivity index (χ3v) is 4.02. The van der Waals surface area contributed by atoms with E-state index in [1.54, 1.807) is 11.3 Å². The maximum absolute atomic E-state index is 6.03. The van der Waals surface area contributed by atoms with Crippen molar-refractivity contribution >= 4 is 22.9 Å². The van der Waals surface area contributed by atoms with Crippen molar-refractivity contribution in [1.29, 1.82) is 0 Å². The molecule has 1 atom stereocenters. The number of hydrogen-bond acceptors (Lipinski definition) is 3. The van der Waals surface area contributed by atoms with Gasteiger partial charge in [-0.2, -0.15) is 0 Å². The number of aryl methyl sites for hydroxylation is 1. The number of nitrogens with one attached hydrogen (secondary N) is 1. The Morgan fingerprint density at radius 1 is 1.44 bits per heavy atom. The molecule has 2 aromatic rings. The maximum Gasteiger partial charge on any atom is 0.0897 e. The minimum Gasteiger partial charge on any atom is -0.309 e. The van der Waals surface area contributed by atoms with E-state index in [0.717, 1.165) is 23.0 Å². The third-order valence-electron chi connectivity index (χ3n) is 2.76. The van der Waals surface area contributed by atoms with E-state index in [2.05, 4.69) is 23.3 Å². The second-order valence-electron chi connectivity index (χ2n) is 4.23. The molecule has 0 bridgehead atoms. The van der Waals surface area contributed by atoms with Crippen molar-refractivity contribution in [3.8, 4) is 0 Å². The highest BCUT2D eigenvalue weighted by Gasteiger charge is 2.13. The molecule has 1 heterocycles. The highest BCUT2D eigenvalue weighted by molar-refractivity contribution is 7.11. The Hall–Kier alpha value is -0.900. The largest absolute Gasteiger partial charge is 0.309 e. The minimum atomic E-state index is 0.319. The molecule has 18 heavy (non-hydrogen) atoms. The maximum atomic E-state index is 6.03. The zero-order valence-electron chi connectivity index (χ0n) is 10.6. The Bertz CT molecular complexity index is 510. The van der Waals surface area contributed by atoms with Gasteiger partial charge in [0.25, 0.3) is 0 Å². The van der Waals surface area contributed by atoms with Crippen molar-refractivity contribution in [3.05, 3.63) is 50.9 Å². The lowest BCUT2D eigenvalue weighted by Gasteiger charge is -2.16. The van der Waals surface area contributed by atoms with Gasteiger partial charge in [-0.15, -0.1) is 11.3 Å². The van der Waals surface area contributed by atoms with Crippen molar-refractivity contribution in [2.75, 3.05) is 6.54 Å². The monoisotopic (exact) mass is 280 g/mol. The first-order valence-electron chi connectivity index (χ1n) is 6.09. The zero-order valence-corrected chi connectivity index (χ0v) is 12.2. The zero-order chi connectivity index (χ0) is 13.0. The van der Waals surface area contributed by atoms with Crippen LogP contribution in [0.3, 0.4) is 0 Å². The normalized spacial score (nSPS) is 12.6. The number of nitrogens with zero attached hydrogens (tertiary/aromatic N) is 1. The number of aromatic nitrogens is 1. The van der Waals surface area contributed by atoms with Gasteiger partial charge in [0.15, 0.2) is 0 Å². The van der Waals surface area contributed by atoms with Crippen LogP contribution in [0.4, 0.5) is 0 Å². The SMILES string of the molecule is CCNC(Cc1cccc(Cl)c1)c1cnc(C)s1. The summed E-state index contributed by atoms with van der Waals surface area (Å²) >= 11 is 7.78. The van der Waals surface area contributed by atoms with E-state index in [0.29, 0.717) is 6.04 Å².